The molecule has 6 aromatic rings. The van der Waals surface area contributed by atoms with E-state index in [-0.39, 0.29) is 233 Å². The number of hydrogen-bond acceptors (Lipinski definition) is 24. The first-order valence-corrected chi connectivity index (χ1v) is 24.7. The molecule has 24 nitrogen and oxygen atoms in total. The van der Waals surface area contributed by atoms with Gasteiger partial charge in [-0.1, -0.05) is 54.6 Å². The first-order chi connectivity index (χ1) is 34.7. The summed E-state index contributed by atoms with van der Waals surface area (Å²) in [5.41, 5.74) is 1.87. The summed E-state index contributed by atoms with van der Waals surface area (Å²) < 4.78 is 78.4. The van der Waals surface area contributed by atoms with E-state index in [0.717, 1.165) is 6.07 Å². The van der Waals surface area contributed by atoms with E-state index < -0.39 is 38.6 Å². The van der Waals surface area contributed by atoms with Crippen molar-refractivity contribution in [2.75, 3.05) is 96.9 Å². The van der Waals surface area contributed by atoms with Gasteiger partial charge in [0.2, 0.25) is 35.7 Å². The average Bonchev–Trinajstić information content (AvgIpc) is 3.35. The van der Waals surface area contributed by atoms with Gasteiger partial charge < -0.3 is 74.3 Å². The topological polar surface area (TPSA) is 338 Å². The van der Waals surface area contributed by atoms with Gasteiger partial charge in [0.05, 0.1) is 56.7 Å². The molecule has 384 valence electrons. The molecule has 0 aliphatic rings. The fourth-order valence-corrected chi connectivity index (χ4v) is 7.56. The van der Waals surface area contributed by atoms with Gasteiger partial charge in [-0.2, -0.15) is 29.9 Å². The van der Waals surface area contributed by atoms with E-state index in [1.165, 1.54) is 36.4 Å². The van der Waals surface area contributed by atoms with Crippen LogP contribution in [0.2, 0.25) is 0 Å². The Hall–Kier alpha value is -3.71. The van der Waals surface area contributed by atoms with Crippen molar-refractivity contribution in [2.24, 2.45) is 0 Å². The number of aliphatic hydroxyl groups is 4. The second-order valence-corrected chi connectivity index (χ2v) is 17.4. The Morgan fingerprint density at radius 1 is 0.635 bits per heavy atom. The third-order valence-electron chi connectivity index (χ3n) is 9.78. The summed E-state index contributed by atoms with van der Waals surface area (Å²) in [5.74, 6) is 0.254. The van der Waals surface area contributed by atoms with Gasteiger partial charge in [-0.3, -0.25) is 0 Å². The number of ether oxygens (including phenoxy) is 2. The maximum Gasteiger partial charge on any atom is 1.00 e. The first-order valence-electron chi connectivity index (χ1n) is 22.3. The van der Waals surface area contributed by atoms with Crippen LogP contribution in [0, 0.1) is 0 Å². The van der Waals surface area contributed by atoms with Gasteiger partial charge >= 0.3 is 103 Å². The standard InChI is InChI=1S/C46H56N12O12S2.2K/c1-31(61)29-47-41-51-43(55-45(53-41)57(19-23-68-25-21-59)37-9-5-3-6-10-37)49-35-17-15-33(39(27-35)70-71(63)64)13-14-34-16-18-36(28-40(34)72(65,66)67)50-44-52-42(48-30-32(2)62)54-46(56-44)58(20-24-69-26-22-60)38-11-7-4-8-12-38;;/h3-18,27-28,31-32,59-62H,19-26,29-30H2,1-2H3,(H,63,64)(H,65,66,67)(H2,47,49,51,53,55)(H2,48,50,52,54,56);;/q;2*+1/p-2. The minimum atomic E-state index is -5.14. The van der Waals surface area contributed by atoms with Gasteiger partial charge in [-0.15, -0.1) is 0 Å². The second kappa shape index (κ2) is 32.1. The Kier molecular flexibility index (Phi) is 27.3. The summed E-state index contributed by atoms with van der Waals surface area (Å²) in [6.07, 6.45) is 1.13. The van der Waals surface area contributed by atoms with E-state index in [1.54, 1.807) is 29.7 Å². The van der Waals surface area contributed by atoms with Gasteiger partial charge in [-0.05, 0) is 67.9 Å². The van der Waals surface area contributed by atoms with E-state index in [2.05, 4.69) is 51.2 Å². The van der Waals surface area contributed by atoms with Crippen molar-refractivity contribution in [1.29, 1.82) is 0 Å². The number of nitrogens with one attached hydrogen (secondary N) is 4. The molecule has 0 radical (unpaired) electrons. The summed E-state index contributed by atoms with van der Waals surface area (Å²) in [5, 5.41) is 50.3. The molecule has 3 unspecified atom stereocenters. The smallest absolute Gasteiger partial charge is 0.744 e. The SMILES string of the molecule is CC(O)CNc1nc(Nc2ccc(C=Cc3ccc(Nc4nc(NCC(C)O)nc(N(CCOCCO)c5ccccc5)n4)cc3S(=O)(=O)[O-])c(OS(=O)[O-])c2)nc(N(CCOCCO)c2ccccc2)n1.[K+].[K+]. The number of para-hydroxylation sites is 2. The first kappa shape index (κ1) is 62.8. The number of nitrogens with zero attached hydrogens (tertiary/aromatic N) is 8. The third-order valence-corrected chi connectivity index (χ3v) is 11.0. The average molecular weight is 1110 g/mol. The van der Waals surface area contributed by atoms with Crippen LogP contribution in [0.25, 0.3) is 12.2 Å². The summed E-state index contributed by atoms with van der Waals surface area (Å²) >= 11 is -3.07. The molecule has 0 saturated carbocycles. The summed E-state index contributed by atoms with van der Waals surface area (Å²) in [6, 6.07) is 26.6. The zero-order valence-corrected chi connectivity index (χ0v) is 48.9. The van der Waals surface area contributed by atoms with Crippen molar-refractivity contribution in [3.63, 3.8) is 0 Å². The van der Waals surface area contributed by atoms with Crippen molar-refractivity contribution in [3.8, 4) is 5.75 Å². The molecule has 0 saturated heterocycles. The number of rotatable bonds is 29. The molecule has 2 aromatic heterocycles. The molecule has 6 rings (SSSR count). The maximum atomic E-state index is 12.8. The molecule has 0 bridgehead atoms. The summed E-state index contributed by atoms with van der Waals surface area (Å²) in [6.45, 7) is 4.15. The zero-order chi connectivity index (χ0) is 51.5. The fourth-order valence-electron chi connectivity index (χ4n) is 6.57. The van der Waals surface area contributed by atoms with E-state index in [0.29, 0.717) is 11.4 Å². The molecule has 0 aliphatic carbocycles. The van der Waals surface area contributed by atoms with Crippen molar-refractivity contribution >= 4 is 92.1 Å². The van der Waals surface area contributed by atoms with Gasteiger partial charge in [0.1, 0.15) is 27.2 Å². The van der Waals surface area contributed by atoms with Crippen LogP contribution in [0.4, 0.5) is 58.4 Å². The van der Waals surface area contributed by atoms with Crippen LogP contribution in [0.1, 0.15) is 25.0 Å². The van der Waals surface area contributed by atoms with E-state index in [9.17, 15) is 42.2 Å². The number of aromatic nitrogens is 6. The van der Waals surface area contributed by atoms with Crippen molar-refractivity contribution < 1.29 is 159 Å². The van der Waals surface area contributed by atoms with Crippen LogP contribution in [-0.2, 0) is 31.0 Å². The molecule has 28 heteroatoms. The van der Waals surface area contributed by atoms with E-state index in [4.69, 9.17) is 13.7 Å². The Morgan fingerprint density at radius 2 is 1.07 bits per heavy atom. The Balaban J connectivity index is 0.00000593. The molecule has 0 amide bonds. The molecular formula is C46H54K2N12O12S2. The molecule has 3 atom stereocenters. The molecule has 74 heavy (non-hydrogen) atoms. The number of hydrogen-bond donors (Lipinski definition) is 8. The number of anilines is 10. The van der Waals surface area contributed by atoms with Crippen molar-refractivity contribution in [2.45, 2.75) is 31.0 Å². The fraction of sp³-hybridized carbons (Fsp3) is 0.304. The van der Waals surface area contributed by atoms with Gasteiger partial charge in [0, 0.05) is 60.6 Å². The normalized spacial score (nSPS) is 12.4. The van der Waals surface area contributed by atoms with E-state index in [1.807, 2.05) is 60.7 Å². The maximum absolute atomic E-state index is 12.8. The Labute approximate surface area is 515 Å². The third kappa shape index (κ3) is 20.3. The molecule has 0 fully saturated rings. The number of benzene rings is 4. The predicted octanol–water partition coefficient (Wildman–Crippen LogP) is -2.32. The summed E-state index contributed by atoms with van der Waals surface area (Å²) in [7, 11) is -5.14. The molecule has 2 heterocycles. The van der Waals surface area contributed by atoms with Crippen LogP contribution >= 0.6 is 0 Å². The molecule has 0 aliphatic heterocycles. The van der Waals surface area contributed by atoms with Gasteiger partial charge in [0.25, 0.3) is 0 Å². The van der Waals surface area contributed by atoms with Crippen LogP contribution in [-0.4, -0.2) is 150 Å². The Bertz CT molecular complexity index is 2850. The second-order valence-electron chi connectivity index (χ2n) is 15.5. The van der Waals surface area contributed by atoms with Crippen LogP contribution in [0.5, 0.6) is 5.75 Å². The molecule has 4 aromatic carbocycles. The molecule has 8 N–H and O–H groups in total. The van der Waals surface area contributed by atoms with Crippen LogP contribution < -0.4 is 138 Å². The monoisotopic (exact) mass is 1110 g/mol. The van der Waals surface area contributed by atoms with Crippen molar-refractivity contribution in [3.05, 3.63) is 108 Å². The van der Waals surface area contributed by atoms with E-state index >= 15 is 0 Å². The minimum Gasteiger partial charge on any atom is -0.744 e. The van der Waals surface area contributed by atoms with Crippen molar-refractivity contribution in [1.82, 2.24) is 29.9 Å². The quantitative estimate of drug-likeness (QED) is 0.00803. The molecule has 0 spiro atoms. The van der Waals surface area contributed by atoms with Gasteiger partial charge in [-0.25, -0.2) is 12.6 Å². The molecular weight excluding hydrogens is 1050 g/mol. The van der Waals surface area contributed by atoms with Gasteiger partial charge in [0.15, 0.2) is 0 Å². The predicted molar refractivity (Wildman–Crippen MR) is 269 cm³/mol. The largest absolute Gasteiger partial charge is 1.00 e. The number of aliphatic hydroxyl groups excluding tert-OH is 4. The van der Waals surface area contributed by atoms with Crippen LogP contribution in [0.3, 0.4) is 0 Å². The van der Waals surface area contributed by atoms with Crippen LogP contribution in [0.15, 0.2) is 102 Å². The zero-order valence-electron chi connectivity index (χ0n) is 41.1. The minimum absolute atomic E-state index is 0. The summed E-state index contributed by atoms with van der Waals surface area (Å²) in [4.78, 5) is 30.0. The Morgan fingerprint density at radius 3 is 1.50 bits per heavy atom.